The van der Waals surface area contributed by atoms with Gasteiger partial charge in [-0.15, -0.1) is 10.2 Å². The molecule has 24 heavy (non-hydrogen) atoms. The van der Waals surface area contributed by atoms with Gasteiger partial charge in [-0.25, -0.2) is 9.07 Å². The Balaban J connectivity index is 1.56. The van der Waals surface area contributed by atoms with Crippen LogP contribution in [0.4, 0.5) is 4.39 Å². The highest BCUT2D eigenvalue weighted by Gasteiger charge is 2.27. The average Bonchev–Trinajstić information content (AvgIpc) is 3.32. The number of halogens is 1. The van der Waals surface area contributed by atoms with Crippen molar-refractivity contribution in [3.05, 3.63) is 35.9 Å². The lowest BCUT2D eigenvalue weighted by Crippen LogP contribution is -2.32. The third-order valence-electron chi connectivity index (χ3n) is 3.49. The lowest BCUT2D eigenvalue weighted by atomic mass is 10.3. The number of nitrogens with two attached hydrogens (primary N) is 1. The summed E-state index contributed by atoms with van der Waals surface area (Å²) in [6.07, 6.45) is 2.09. The summed E-state index contributed by atoms with van der Waals surface area (Å²) < 4.78 is 19.6. The van der Waals surface area contributed by atoms with Crippen LogP contribution < -0.4 is 15.9 Å². The maximum Gasteiger partial charge on any atom is 0.233 e. The van der Waals surface area contributed by atoms with E-state index in [-0.39, 0.29) is 23.6 Å². The molecule has 9 heteroatoms. The molecule has 1 aromatic heterocycles. The summed E-state index contributed by atoms with van der Waals surface area (Å²) in [7, 11) is 0. The molecule has 0 radical (unpaired) electrons. The van der Waals surface area contributed by atoms with Crippen molar-refractivity contribution < 1.29 is 13.9 Å². The number of hydrogen-bond donors (Lipinski definition) is 2. The molecule has 7 nitrogen and oxygen atoms in total. The molecule has 1 fully saturated rings. The molecule has 2 aromatic rings. The van der Waals surface area contributed by atoms with Crippen LogP contribution in [0.3, 0.4) is 0 Å². The molecule has 1 saturated carbocycles. The number of nitrogen functional groups attached to an aromatic ring is 1. The predicted octanol–water partition coefficient (Wildman–Crippen LogP) is 1.47. The molecule has 0 aliphatic heterocycles. The zero-order valence-electron chi connectivity index (χ0n) is 13.1. The summed E-state index contributed by atoms with van der Waals surface area (Å²) in [5, 5.41) is 11.0. The van der Waals surface area contributed by atoms with Crippen molar-refractivity contribution in [1.29, 1.82) is 0 Å². The number of ether oxygens (including phenoxy) is 1. The van der Waals surface area contributed by atoms with Gasteiger partial charge in [0.25, 0.3) is 0 Å². The summed E-state index contributed by atoms with van der Waals surface area (Å²) in [6.45, 7) is 1.89. The molecule has 1 aromatic carbocycles. The van der Waals surface area contributed by atoms with E-state index in [9.17, 15) is 9.18 Å². The van der Waals surface area contributed by atoms with Crippen LogP contribution in [-0.4, -0.2) is 32.1 Å². The highest BCUT2D eigenvalue weighted by atomic mass is 32.2. The van der Waals surface area contributed by atoms with Crippen LogP contribution in [0.15, 0.2) is 29.4 Å². The van der Waals surface area contributed by atoms with Gasteiger partial charge in [0, 0.05) is 6.04 Å². The second-order valence-corrected chi connectivity index (χ2v) is 6.86. The summed E-state index contributed by atoms with van der Waals surface area (Å²) in [6, 6.07) is 5.98. The van der Waals surface area contributed by atoms with Gasteiger partial charge in [0.05, 0.1) is 5.25 Å². The molecular formula is C15H18FN5O2S. The number of carbonyl (C=O) groups is 1. The molecule has 1 aliphatic carbocycles. The molecule has 3 N–H and O–H groups in total. The highest BCUT2D eigenvalue weighted by molar-refractivity contribution is 8.00. The van der Waals surface area contributed by atoms with Crippen molar-refractivity contribution in [1.82, 2.24) is 20.2 Å². The minimum absolute atomic E-state index is 0.0328. The number of nitrogens with zero attached hydrogens (tertiary/aromatic N) is 3. The Kier molecular flexibility index (Phi) is 4.89. The normalized spacial score (nSPS) is 15.1. The largest absolute Gasteiger partial charge is 0.486 e. The summed E-state index contributed by atoms with van der Waals surface area (Å²) in [4.78, 5) is 12.0. The molecule has 1 unspecified atom stereocenters. The van der Waals surface area contributed by atoms with Crippen LogP contribution >= 0.6 is 11.8 Å². The second-order valence-electron chi connectivity index (χ2n) is 5.55. The van der Waals surface area contributed by atoms with Crippen LogP contribution in [0.5, 0.6) is 5.75 Å². The van der Waals surface area contributed by atoms with Crippen molar-refractivity contribution >= 4 is 17.7 Å². The quantitative estimate of drug-likeness (QED) is 0.579. The number of thioether (sulfide) groups is 1. The number of amides is 1. The molecule has 1 aliphatic rings. The number of hydrogen-bond acceptors (Lipinski definition) is 6. The number of carbonyl (C=O) groups excluding carboxylic acids is 1. The van der Waals surface area contributed by atoms with E-state index in [4.69, 9.17) is 10.6 Å². The molecule has 0 spiro atoms. The molecule has 1 amide bonds. The lowest BCUT2D eigenvalue weighted by molar-refractivity contribution is -0.120. The number of nitrogens with one attached hydrogen (secondary N) is 1. The van der Waals surface area contributed by atoms with Crippen LogP contribution in [0, 0.1) is 5.82 Å². The number of aromatic nitrogens is 3. The average molecular weight is 351 g/mol. The van der Waals surface area contributed by atoms with Gasteiger partial charge in [-0.05, 0) is 44.0 Å². The van der Waals surface area contributed by atoms with Crippen molar-refractivity contribution in [2.24, 2.45) is 0 Å². The maximum absolute atomic E-state index is 12.8. The first-order valence-corrected chi connectivity index (χ1v) is 8.45. The Morgan fingerprint density at radius 3 is 2.83 bits per heavy atom. The zero-order valence-corrected chi connectivity index (χ0v) is 13.9. The van der Waals surface area contributed by atoms with Crippen LogP contribution in [0.2, 0.25) is 0 Å². The van der Waals surface area contributed by atoms with Gasteiger partial charge in [0.1, 0.15) is 18.2 Å². The van der Waals surface area contributed by atoms with E-state index in [1.807, 2.05) is 0 Å². The molecule has 128 valence electrons. The van der Waals surface area contributed by atoms with Gasteiger partial charge in [-0.3, -0.25) is 4.79 Å². The van der Waals surface area contributed by atoms with Gasteiger partial charge in [0.15, 0.2) is 5.82 Å². The summed E-state index contributed by atoms with van der Waals surface area (Å²) >= 11 is 1.24. The van der Waals surface area contributed by atoms with Gasteiger partial charge in [-0.2, -0.15) is 0 Å². The molecule has 3 rings (SSSR count). The monoisotopic (exact) mass is 351 g/mol. The molecule has 1 heterocycles. The Labute approximate surface area is 142 Å². The van der Waals surface area contributed by atoms with Crippen LogP contribution in [0.1, 0.15) is 25.6 Å². The highest BCUT2D eigenvalue weighted by Crippen LogP contribution is 2.24. The minimum atomic E-state index is -0.332. The molecule has 0 saturated heterocycles. The Morgan fingerprint density at radius 2 is 2.17 bits per heavy atom. The van der Waals surface area contributed by atoms with E-state index in [1.54, 1.807) is 6.92 Å². The second kappa shape index (κ2) is 7.08. The molecular weight excluding hydrogens is 333 g/mol. The smallest absolute Gasteiger partial charge is 0.233 e. The maximum atomic E-state index is 12.8. The minimum Gasteiger partial charge on any atom is -0.486 e. The summed E-state index contributed by atoms with van der Waals surface area (Å²) in [5.41, 5.74) is 0. The van der Waals surface area contributed by atoms with E-state index >= 15 is 0 Å². The molecule has 0 bridgehead atoms. The van der Waals surface area contributed by atoms with E-state index in [0.717, 1.165) is 12.8 Å². The van der Waals surface area contributed by atoms with Crippen molar-refractivity contribution in [3.8, 4) is 5.75 Å². The number of rotatable bonds is 7. The van der Waals surface area contributed by atoms with Gasteiger partial charge in [-0.1, -0.05) is 11.8 Å². The first-order valence-electron chi connectivity index (χ1n) is 7.57. The number of benzene rings is 1. The van der Waals surface area contributed by atoms with E-state index in [1.165, 1.54) is 40.7 Å². The van der Waals surface area contributed by atoms with Crippen LogP contribution in [0.25, 0.3) is 0 Å². The van der Waals surface area contributed by atoms with Crippen molar-refractivity contribution in [2.45, 2.75) is 42.8 Å². The van der Waals surface area contributed by atoms with Gasteiger partial charge < -0.3 is 15.9 Å². The zero-order chi connectivity index (χ0) is 17.1. The third-order valence-corrected chi connectivity index (χ3v) is 4.55. The summed E-state index contributed by atoms with van der Waals surface area (Å²) in [5.74, 6) is 6.51. The first kappa shape index (κ1) is 16.6. The fourth-order valence-corrected chi connectivity index (χ4v) is 2.72. The van der Waals surface area contributed by atoms with Crippen molar-refractivity contribution in [3.63, 3.8) is 0 Å². The first-order chi connectivity index (χ1) is 11.5. The van der Waals surface area contributed by atoms with E-state index in [2.05, 4.69) is 15.5 Å². The van der Waals surface area contributed by atoms with Crippen molar-refractivity contribution in [2.75, 3.05) is 5.84 Å². The predicted molar refractivity (Wildman–Crippen MR) is 87.4 cm³/mol. The SMILES string of the molecule is CC(Sc1nnc(COc2ccc(F)cc2)n1N)C(=O)NC1CC1. The third kappa shape index (κ3) is 4.16. The van der Waals surface area contributed by atoms with E-state index in [0.29, 0.717) is 22.8 Å². The van der Waals surface area contributed by atoms with Crippen LogP contribution in [-0.2, 0) is 11.4 Å². The van der Waals surface area contributed by atoms with Gasteiger partial charge in [0.2, 0.25) is 11.1 Å². The lowest BCUT2D eigenvalue weighted by Gasteiger charge is -2.11. The Hall–Kier alpha value is -2.29. The fourth-order valence-electron chi connectivity index (χ4n) is 1.92. The Morgan fingerprint density at radius 1 is 1.46 bits per heavy atom. The van der Waals surface area contributed by atoms with E-state index < -0.39 is 0 Å². The fraction of sp³-hybridized carbons (Fsp3) is 0.400. The topological polar surface area (TPSA) is 95.1 Å². The Bertz CT molecular complexity index is 717. The molecule has 1 atom stereocenters. The van der Waals surface area contributed by atoms with Gasteiger partial charge >= 0.3 is 0 Å². The standard InChI is InChI=1S/C15H18FN5O2S/c1-9(14(22)18-11-4-5-11)24-15-20-19-13(21(15)17)8-23-12-6-2-10(16)3-7-12/h2-3,6-7,9,11H,4-5,8,17H2,1H3,(H,18,22).